The van der Waals surface area contributed by atoms with Gasteiger partial charge in [0.15, 0.2) is 0 Å². The molecule has 0 aromatic carbocycles. The largest absolute Gasteiger partial charge is 0.471 e. The van der Waals surface area contributed by atoms with Crippen molar-refractivity contribution in [2.75, 3.05) is 13.1 Å². The first-order valence-electron chi connectivity index (χ1n) is 6.56. The number of ether oxygens (including phenoxy) is 1. The number of rotatable bonds is 3. The highest BCUT2D eigenvalue weighted by atomic mass is 35.5. The topological polar surface area (TPSA) is 73.1 Å². The summed E-state index contributed by atoms with van der Waals surface area (Å²) >= 11 is 6.01. The highest BCUT2D eigenvalue weighted by molar-refractivity contribution is 6.30. The number of pyridine rings is 2. The van der Waals surface area contributed by atoms with Crippen molar-refractivity contribution in [1.29, 1.82) is 0 Å². The van der Waals surface area contributed by atoms with E-state index < -0.39 is 5.54 Å². The van der Waals surface area contributed by atoms with Crippen molar-refractivity contribution >= 4 is 22.4 Å². The van der Waals surface area contributed by atoms with Crippen LogP contribution in [0.5, 0.6) is 5.88 Å². The molecule has 0 unspecified atom stereocenters. The van der Waals surface area contributed by atoms with E-state index in [9.17, 15) is 0 Å². The molecule has 0 bridgehead atoms. The van der Waals surface area contributed by atoms with Crippen molar-refractivity contribution in [2.24, 2.45) is 5.73 Å². The summed E-state index contributed by atoms with van der Waals surface area (Å²) in [6, 6.07) is 1.81. The van der Waals surface area contributed by atoms with Gasteiger partial charge in [0.25, 0.3) is 0 Å². The highest BCUT2D eigenvalue weighted by Gasteiger charge is 2.23. The Morgan fingerprint density at radius 2 is 2.05 bits per heavy atom. The molecule has 0 atom stereocenters. The Balaban J connectivity index is 2.14. The maximum Gasteiger partial charge on any atom is 0.223 e. The number of hydrogen-bond donors (Lipinski definition) is 2. The van der Waals surface area contributed by atoms with Crippen LogP contribution in [0, 0.1) is 0 Å². The van der Waals surface area contributed by atoms with E-state index in [1.54, 1.807) is 12.4 Å². The molecular weight excluding hydrogens is 276 g/mol. The number of nitrogens with two attached hydrogens (primary N) is 1. The standard InChI is InChI=1S/C14H17ClN4O/c1-14(2,16)11-7-19-13(20-8-4-17-5-8)10-6-18-12(15)3-9(10)11/h3,6-8,17H,4-5,16H2,1-2H3. The fourth-order valence-corrected chi connectivity index (χ4v) is 2.35. The average Bonchev–Trinajstić information content (AvgIpc) is 2.31. The molecule has 5 nitrogen and oxygen atoms in total. The first-order chi connectivity index (χ1) is 9.45. The van der Waals surface area contributed by atoms with E-state index in [1.165, 1.54) is 0 Å². The van der Waals surface area contributed by atoms with Gasteiger partial charge >= 0.3 is 0 Å². The monoisotopic (exact) mass is 292 g/mol. The van der Waals surface area contributed by atoms with Gasteiger partial charge < -0.3 is 15.8 Å². The van der Waals surface area contributed by atoms with Gasteiger partial charge in [-0.2, -0.15) is 0 Å². The van der Waals surface area contributed by atoms with Gasteiger partial charge in [0.2, 0.25) is 5.88 Å². The van der Waals surface area contributed by atoms with E-state index in [-0.39, 0.29) is 6.10 Å². The van der Waals surface area contributed by atoms with E-state index >= 15 is 0 Å². The molecule has 0 spiro atoms. The summed E-state index contributed by atoms with van der Waals surface area (Å²) in [6.07, 6.45) is 3.62. The molecule has 3 rings (SSSR count). The third kappa shape index (κ3) is 2.44. The summed E-state index contributed by atoms with van der Waals surface area (Å²) < 4.78 is 5.87. The normalized spacial score (nSPS) is 16.2. The number of aromatic nitrogens is 2. The Morgan fingerprint density at radius 1 is 1.30 bits per heavy atom. The van der Waals surface area contributed by atoms with Crippen molar-refractivity contribution in [1.82, 2.24) is 15.3 Å². The van der Waals surface area contributed by atoms with Crippen LogP contribution in [0.3, 0.4) is 0 Å². The molecule has 0 radical (unpaired) electrons. The van der Waals surface area contributed by atoms with Crippen LogP contribution in [0.4, 0.5) is 0 Å². The summed E-state index contributed by atoms with van der Waals surface area (Å²) in [5.41, 5.74) is 6.63. The van der Waals surface area contributed by atoms with E-state index in [0.29, 0.717) is 11.0 Å². The molecule has 1 aliphatic heterocycles. The Kier molecular flexibility index (Phi) is 3.28. The summed E-state index contributed by atoms with van der Waals surface area (Å²) in [6.45, 7) is 5.56. The van der Waals surface area contributed by atoms with Crippen LogP contribution < -0.4 is 15.8 Å². The molecule has 20 heavy (non-hydrogen) atoms. The molecular formula is C14H17ClN4O. The maximum atomic E-state index is 6.21. The first-order valence-corrected chi connectivity index (χ1v) is 6.94. The van der Waals surface area contributed by atoms with E-state index in [2.05, 4.69) is 15.3 Å². The highest BCUT2D eigenvalue weighted by Crippen LogP contribution is 2.32. The van der Waals surface area contributed by atoms with Crippen molar-refractivity contribution in [3.05, 3.63) is 29.2 Å². The maximum absolute atomic E-state index is 6.21. The molecule has 1 saturated heterocycles. The molecule has 1 fully saturated rings. The number of fused-ring (bicyclic) bond motifs is 1. The van der Waals surface area contributed by atoms with Crippen molar-refractivity contribution in [2.45, 2.75) is 25.5 Å². The molecule has 2 aromatic rings. The molecule has 3 heterocycles. The molecule has 1 aliphatic rings. The molecule has 3 N–H and O–H groups in total. The van der Waals surface area contributed by atoms with Crippen LogP contribution in [0.1, 0.15) is 19.4 Å². The molecule has 0 aliphatic carbocycles. The predicted octanol–water partition coefficient (Wildman–Crippen LogP) is 1.83. The average molecular weight is 293 g/mol. The van der Waals surface area contributed by atoms with Gasteiger partial charge in [0, 0.05) is 31.0 Å². The Hall–Kier alpha value is -1.43. The second kappa shape index (κ2) is 4.84. The smallest absolute Gasteiger partial charge is 0.223 e. The van der Waals surface area contributed by atoms with Crippen molar-refractivity contribution in [3.63, 3.8) is 0 Å². The van der Waals surface area contributed by atoms with Crippen LogP contribution in [0.2, 0.25) is 5.15 Å². The lowest BCUT2D eigenvalue weighted by Gasteiger charge is -2.28. The zero-order chi connectivity index (χ0) is 14.3. The van der Waals surface area contributed by atoms with Crippen molar-refractivity contribution in [3.8, 4) is 5.88 Å². The molecule has 6 heteroatoms. The fraction of sp³-hybridized carbons (Fsp3) is 0.429. The molecule has 2 aromatic heterocycles. The first kappa shape index (κ1) is 13.5. The van der Waals surface area contributed by atoms with Crippen LogP contribution in [0.25, 0.3) is 10.8 Å². The Labute approximate surface area is 122 Å². The second-order valence-electron chi connectivity index (χ2n) is 5.65. The van der Waals surface area contributed by atoms with E-state index in [0.717, 1.165) is 29.4 Å². The van der Waals surface area contributed by atoms with Gasteiger partial charge in [0.05, 0.1) is 5.39 Å². The van der Waals surface area contributed by atoms with Crippen LogP contribution >= 0.6 is 11.6 Å². The van der Waals surface area contributed by atoms with Crippen molar-refractivity contribution < 1.29 is 4.74 Å². The number of hydrogen-bond acceptors (Lipinski definition) is 5. The third-order valence-electron chi connectivity index (χ3n) is 3.42. The predicted molar refractivity (Wildman–Crippen MR) is 79.0 cm³/mol. The number of nitrogens with one attached hydrogen (secondary N) is 1. The zero-order valence-corrected chi connectivity index (χ0v) is 12.2. The van der Waals surface area contributed by atoms with Crippen LogP contribution in [-0.2, 0) is 5.54 Å². The quantitative estimate of drug-likeness (QED) is 0.844. The minimum Gasteiger partial charge on any atom is -0.471 e. The number of halogens is 1. The molecule has 0 amide bonds. The minimum atomic E-state index is -0.507. The number of nitrogens with zero attached hydrogens (tertiary/aromatic N) is 2. The molecule has 0 saturated carbocycles. The Morgan fingerprint density at radius 3 is 2.65 bits per heavy atom. The molecule has 106 valence electrons. The van der Waals surface area contributed by atoms with E-state index in [4.69, 9.17) is 22.1 Å². The fourth-order valence-electron chi connectivity index (χ4n) is 2.20. The zero-order valence-electron chi connectivity index (χ0n) is 11.5. The lowest BCUT2D eigenvalue weighted by molar-refractivity contribution is 0.138. The van der Waals surface area contributed by atoms with Gasteiger partial charge in [-0.05, 0) is 30.9 Å². The summed E-state index contributed by atoms with van der Waals surface area (Å²) in [7, 11) is 0. The van der Waals surface area contributed by atoms with Gasteiger partial charge in [-0.3, -0.25) is 0 Å². The van der Waals surface area contributed by atoms with E-state index in [1.807, 2.05) is 19.9 Å². The summed E-state index contributed by atoms with van der Waals surface area (Å²) in [5, 5.41) is 5.38. The minimum absolute atomic E-state index is 0.165. The summed E-state index contributed by atoms with van der Waals surface area (Å²) in [4.78, 5) is 8.54. The third-order valence-corrected chi connectivity index (χ3v) is 3.63. The van der Waals surface area contributed by atoms with Crippen LogP contribution in [0.15, 0.2) is 18.5 Å². The van der Waals surface area contributed by atoms with Gasteiger partial charge in [-0.15, -0.1) is 0 Å². The lowest BCUT2D eigenvalue weighted by atomic mass is 9.93. The van der Waals surface area contributed by atoms with Crippen LogP contribution in [-0.4, -0.2) is 29.2 Å². The van der Waals surface area contributed by atoms with Gasteiger partial charge in [-0.25, -0.2) is 9.97 Å². The lowest BCUT2D eigenvalue weighted by Crippen LogP contribution is -2.50. The van der Waals surface area contributed by atoms with Gasteiger partial charge in [0.1, 0.15) is 11.3 Å². The SMILES string of the molecule is CC(C)(N)c1cnc(OC2CNC2)c2cnc(Cl)cc12. The van der Waals surface area contributed by atoms with Gasteiger partial charge in [-0.1, -0.05) is 11.6 Å². The summed E-state index contributed by atoms with van der Waals surface area (Å²) in [5.74, 6) is 0.587. The Bertz CT molecular complexity index is 649. The second-order valence-corrected chi connectivity index (χ2v) is 6.04.